The van der Waals surface area contributed by atoms with Crippen molar-refractivity contribution in [2.75, 3.05) is 0 Å². The first-order valence-electron chi connectivity index (χ1n) is 3.31. The summed E-state index contributed by atoms with van der Waals surface area (Å²) in [4.78, 5) is 12.9. The second-order valence-electron chi connectivity index (χ2n) is 2.47. The number of aromatic amines is 1. The molecule has 0 fully saturated rings. The van der Waals surface area contributed by atoms with E-state index in [-0.39, 0.29) is 11.1 Å². The van der Waals surface area contributed by atoms with Gasteiger partial charge in [0.2, 0.25) is 0 Å². The molecule has 1 aromatic carbocycles. The Morgan fingerprint density at radius 3 is 3.00 bits per heavy atom. The Balaban J connectivity index is 2.97. The maximum absolute atomic E-state index is 13.0. The average molecular weight is 166 g/mol. The maximum atomic E-state index is 13.0. The van der Waals surface area contributed by atoms with Gasteiger partial charge in [0.25, 0.3) is 0 Å². The van der Waals surface area contributed by atoms with Crippen LogP contribution in [0.3, 0.4) is 0 Å². The van der Waals surface area contributed by atoms with Crippen LogP contribution in [0.5, 0.6) is 0 Å². The van der Waals surface area contributed by atoms with E-state index in [1.54, 1.807) is 0 Å². The standard InChI is InChI=1S/C8H5FNO2/c1-4-2-5(9)7-6(3-4)12-8(11)10-7/h2-3H,1H2,(H,10,11). The number of benzene rings is 1. The number of aromatic nitrogens is 1. The van der Waals surface area contributed by atoms with Crippen LogP contribution in [0.15, 0.2) is 21.3 Å². The van der Waals surface area contributed by atoms with Gasteiger partial charge in [0.05, 0.1) is 0 Å². The normalized spacial score (nSPS) is 10.8. The van der Waals surface area contributed by atoms with Gasteiger partial charge in [-0.05, 0) is 24.6 Å². The van der Waals surface area contributed by atoms with E-state index >= 15 is 0 Å². The first-order valence-corrected chi connectivity index (χ1v) is 3.31. The van der Waals surface area contributed by atoms with Gasteiger partial charge in [0.1, 0.15) is 5.52 Å². The van der Waals surface area contributed by atoms with E-state index in [0.717, 1.165) is 0 Å². The van der Waals surface area contributed by atoms with E-state index in [2.05, 4.69) is 16.3 Å². The SMILES string of the molecule is [CH2]c1cc(F)c2[nH]c(=O)oc2c1. The summed E-state index contributed by atoms with van der Waals surface area (Å²) in [5.74, 6) is -1.18. The Morgan fingerprint density at radius 2 is 2.25 bits per heavy atom. The van der Waals surface area contributed by atoms with E-state index in [9.17, 15) is 9.18 Å². The zero-order valence-corrected chi connectivity index (χ0v) is 6.06. The average Bonchev–Trinajstić information content (AvgIpc) is 2.29. The highest BCUT2D eigenvalue weighted by atomic mass is 19.1. The molecule has 0 saturated carbocycles. The van der Waals surface area contributed by atoms with Crippen LogP contribution in [0, 0.1) is 12.7 Å². The van der Waals surface area contributed by atoms with Crippen molar-refractivity contribution < 1.29 is 8.81 Å². The lowest BCUT2D eigenvalue weighted by atomic mass is 10.2. The van der Waals surface area contributed by atoms with Gasteiger partial charge in [-0.25, -0.2) is 9.18 Å². The Morgan fingerprint density at radius 1 is 1.50 bits per heavy atom. The highest BCUT2D eigenvalue weighted by molar-refractivity contribution is 5.73. The van der Waals surface area contributed by atoms with Crippen LogP contribution < -0.4 is 5.76 Å². The van der Waals surface area contributed by atoms with Gasteiger partial charge in [0.15, 0.2) is 11.4 Å². The molecule has 0 atom stereocenters. The molecule has 1 N–H and O–H groups in total. The number of halogens is 1. The minimum Gasteiger partial charge on any atom is -0.408 e. The van der Waals surface area contributed by atoms with E-state index < -0.39 is 11.6 Å². The summed E-state index contributed by atoms with van der Waals surface area (Å²) in [6.07, 6.45) is 0. The van der Waals surface area contributed by atoms with E-state index in [4.69, 9.17) is 0 Å². The predicted octanol–water partition coefficient (Wildman–Crippen LogP) is 1.44. The second kappa shape index (κ2) is 2.20. The van der Waals surface area contributed by atoms with Crippen molar-refractivity contribution in [1.82, 2.24) is 4.98 Å². The third-order valence-electron chi connectivity index (χ3n) is 1.54. The summed E-state index contributed by atoms with van der Waals surface area (Å²) in [5.41, 5.74) is 0.764. The lowest BCUT2D eigenvalue weighted by molar-refractivity contribution is 0.555. The Bertz CT molecular complexity index is 483. The number of oxazole rings is 1. The summed E-state index contributed by atoms with van der Waals surface area (Å²) in [6.45, 7) is 3.52. The van der Waals surface area contributed by atoms with Crippen LogP contribution in [0.1, 0.15) is 5.56 Å². The summed E-state index contributed by atoms with van der Waals surface area (Å²) in [7, 11) is 0. The molecule has 0 amide bonds. The second-order valence-corrected chi connectivity index (χ2v) is 2.47. The maximum Gasteiger partial charge on any atom is 0.417 e. The van der Waals surface area contributed by atoms with Crippen LogP contribution in [0.2, 0.25) is 0 Å². The molecule has 61 valence electrons. The van der Waals surface area contributed by atoms with Crippen LogP contribution in [0.4, 0.5) is 4.39 Å². The first kappa shape index (κ1) is 7.09. The molecule has 0 saturated heterocycles. The zero-order chi connectivity index (χ0) is 8.72. The zero-order valence-electron chi connectivity index (χ0n) is 6.06. The largest absolute Gasteiger partial charge is 0.417 e. The first-order chi connectivity index (χ1) is 5.66. The van der Waals surface area contributed by atoms with Gasteiger partial charge in [-0.3, -0.25) is 4.98 Å². The fourth-order valence-electron chi connectivity index (χ4n) is 1.06. The number of hydrogen-bond acceptors (Lipinski definition) is 2. The minimum atomic E-state index is -0.658. The van der Waals surface area contributed by atoms with Crippen molar-refractivity contribution in [2.45, 2.75) is 0 Å². The molecule has 0 aliphatic heterocycles. The van der Waals surface area contributed by atoms with Crippen molar-refractivity contribution in [3.05, 3.63) is 41.0 Å². The molecule has 12 heavy (non-hydrogen) atoms. The fraction of sp³-hybridized carbons (Fsp3) is 0. The summed E-state index contributed by atoms with van der Waals surface area (Å²) in [5, 5.41) is 0. The molecule has 2 rings (SSSR count). The minimum absolute atomic E-state index is 0.0902. The Labute approximate surface area is 66.8 Å². The van der Waals surface area contributed by atoms with E-state index in [1.807, 2.05) is 0 Å². The van der Waals surface area contributed by atoms with Crippen molar-refractivity contribution >= 4 is 11.1 Å². The van der Waals surface area contributed by atoms with Crippen LogP contribution >= 0.6 is 0 Å². The third kappa shape index (κ3) is 0.922. The Kier molecular flexibility index (Phi) is 1.30. The fourth-order valence-corrected chi connectivity index (χ4v) is 1.06. The van der Waals surface area contributed by atoms with Gasteiger partial charge in [-0.1, -0.05) is 0 Å². The molecule has 0 unspecified atom stereocenters. The Hall–Kier alpha value is -1.58. The lowest BCUT2D eigenvalue weighted by Crippen LogP contribution is -1.93. The monoisotopic (exact) mass is 166 g/mol. The molecule has 0 spiro atoms. The van der Waals surface area contributed by atoms with Gasteiger partial charge < -0.3 is 4.42 Å². The molecule has 1 heterocycles. The molecular formula is C8H5FNO2. The van der Waals surface area contributed by atoms with Crippen LogP contribution in [-0.4, -0.2) is 4.98 Å². The summed E-state index contributed by atoms with van der Waals surface area (Å²) >= 11 is 0. The number of H-pyrrole nitrogens is 1. The van der Waals surface area contributed by atoms with Crippen molar-refractivity contribution in [3.63, 3.8) is 0 Å². The van der Waals surface area contributed by atoms with Gasteiger partial charge in [0, 0.05) is 0 Å². The van der Waals surface area contributed by atoms with Gasteiger partial charge >= 0.3 is 5.76 Å². The number of fused-ring (bicyclic) bond motifs is 1. The highest BCUT2D eigenvalue weighted by Gasteiger charge is 2.06. The predicted molar refractivity (Wildman–Crippen MR) is 41.3 cm³/mol. The number of nitrogens with one attached hydrogen (secondary N) is 1. The van der Waals surface area contributed by atoms with Crippen molar-refractivity contribution in [1.29, 1.82) is 0 Å². The van der Waals surface area contributed by atoms with Crippen LogP contribution in [0.25, 0.3) is 11.1 Å². The van der Waals surface area contributed by atoms with E-state index in [1.165, 1.54) is 12.1 Å². The summed E-state index contributed by atoms with van der Waals surface area (Å²) < 4.78 is 17.6. The molecule has 2 aromatic rings. The third-order valence-corrected chi connectivity index (χ3v) is 1.54. The van der Waals surface area contributed by atoms with E-state index in [0.29, 0.717) is 5.56 Å². The topological polar surface area (TPSA) is 46.0 Å². The lowest BCUT2D eigenvalue weighted by Gasteiger charge is -1.91. The molecule has 1 radical (unpaired) electrons. The smallest absolute Gasteiger partial charge is 0.408 e. The van der Waals surface area contributed by atoms with Gasteiger partial charge in [-0.15, -0.1) is 0 Å². The van der Waals surface area contributed by atoms with Crippen LogP contribution in [-0.2, 0) is 0 Å². The molecule has 0 aliphatic rings. The molecule has 1 aromatic heterocycles. The number of hydrogen-bond donors (Lipinski definition) is 1. The summed E-state index contributed by atoms with van der Waals surface area (Å²) in [6, 6.07) is 2.73. The highest BCUT2D eigenvalue weighted by Crippen LogP contribution is 2.15. The molecule has 3 nitrogen and oxygen atoms in total. The van der Waals surface area contributed by atoms with Crippen molar-refractivity contribution in [2.24, 2.45) is 0 Å². The van der Waals surface area contributed by atoms with Gasteiger partial charge in [-0.2, -0.15) is 0 Å². The number of rotatable bonds is 0. The molecule has 0 bridgehead atoms. The van der Waals surface area contributed by atoms with Crippen molar-refractivity contribution in [3.8, 4) is 0 Å². The molecule has 0 aliphatic carbocycles. The molecule has 4 heteroatoms. The quantitative estimate of drug-likeness (QED) is 0.643. The molecular weight excluding hydrogens is 161 g/mol.